The Morgan fingerprint density at radius 2 is 2.50 bits per heavy atom. The van der Waals surface area contributed by atoms with Crippen LogP contribution in [-0.2, 0) is 4.79 Å². The van der Waals surface area contributed by atoms with Crippen LogP contribution in [0.1, 0.15) is 13.3 Å². The van der Waals surface area contributed by atoms with E-state index in [4.69, 9.17) is 5.73 Å². The first-order valence-corrected chi connectivity index (χ1v) is 5.48. The average molecular weight is 220 g/mol. The van der Waals surface area contributed by atoms with Gasteiger partial charge in [-0.25, -0.2) is 4.98 Å². The van der Waals surface area contributed by atoms with Crippen LogP contribution in [0.5, 0.6) is 0 Å². The van der Waals surface area contributed by atoms with Gasteiger partial charge in [0.2, 0.25) is 5.91 Å². The minimum atomic E-state index is -0.136. The molecular formula is C11H16N4O. The average Bonchev–Trinajstić information content (AvgIpc) is 2.28. The maximum atomic E-state index is 11.7. The van der Waals surface area contributed by atoms with Gasteiger partial charge in [-0.3, -0.25) is 4.79 Å². The summed E-state index contributed by atoms with van der Waals surface area (Å²) in [4.78, 5) is 18.0. The number of rotatable bonds is 2. The number of nitrogens with zero attached hydrogens (tertiary/aromatic N) is 2. The molecule has 3 N–H and O–H groups in total. The normalized spacial score (nSPS) is 20.7. The number of nitrogens with one attached hydrogen (secondary N) is 1. The standard InChI is InChI=1S/C11H16N4O/c1-2-9-11(16)14-5-6-15(9)10-7-8(12)3-4-13-10/h3-4,7,9H,2,5-6H2,1H3,(H2,12,13)(H,14,16). The van der Waals surface area contributed by atoms with Crippen LogP contribution < -0.4 is 16.0 Å². The third-order valence-electron chi connectivity index (χ3n) is 2.78. The summed E-state index contributed by atoms with van der Waals surface area (Å²) < 4.78 is 0. The molecule has 5 nitrogen and oxygen atoms in total. The fourth-order valence-corrected chi connectivity index (χ4v) is 1.99. The summed E-state index contributed by atoms with van der Waals surface area (Å²) in [6.45, 7) is 3.43. The highest BCUT2D eigenvalue weighted by molar-refractivity contribution is 5.86. The monoisotopic (exact) mass is 220 g/mol. The van der Waals surface area contributed by atoms with Crippen LogP contribution in [-0.4, -0.2) is 30.0 Å². The number of hydrogen-bond donors (Lipinski definition) is 2. The quantitative estimate of drug-likeness (QED) is 0.755. The van der Waals surface area contributed by atoms with Crippen LogP contribution in [0.3, 0.4) is 0 Å². The first-order chi connectivity index (χ1) is 7.72. The SMILES string of the molecule is CCC1C(=O)NCCN1c1cc(N)ccn1. The molecule has 1 aliphatic rings. The predicted molar refractivity (Wildman–Crippen MR) is 63.1 cm³/mol. The van der Waals surface area contributed by atoms with Gasteiger partial charge in [-0.2, -0.15) is 0 Å². The van der Waals surface area contributed by atoms with Gasteiger partial charge in [0.15, 0.2) is 0 Å². The van der Waals surface area contributed by atoms with Gasteiger partial charge in [-0.05, 0) is 12.5 Å². The second kappa shape index (κ2) is 4.38. The zero-order chi connectivity index (χ0) is 11.5. The molecule has 2 heterocycles. The van der Waals surface area contributed by atoms with E-state index in [2.05, 4.69) is 10.3 Å². The van der Waals surface area contributed by atoms with Crippen molar-refractivity contribution in [3.05, 3.63) is 18.3 Å². The molecule has 0 bridgehead atoms. The van der Waals surface area contributed by atoms with Crippen molar-refractivity contribution in [1.29, 1.82) is 0 Å². The lowest BCUT2D eigenvalue weighted by molar-refractivity contribution is -0.123. The van der Waals surface area contributed by atoms with E-state index >= 15 is 0 Å². The number of piperazine rings is 1. The first kappa shape index (κ1) is 10.7. The van der Waals surface area contributed by atoms with Crippen LogP contribution in [0.4, 0.5) is 11.5 Å². The number of nitrogens with two attached hydrogens (primary N) is 1. The molecule has 16 heavy (non-hydrogen) atoms. The Morgan fingerprint density at radius 3 is 3.19 bits per heavy atom. The zero-order valence-corrected chi connectivity index (χ0v) is 9.31. The lowest BCUT2D eigenvalue weighted by atomic mass is 10.1. The Labute approximate surface area is 94.6 Å². The van der Waals surface area contributed by atoms with Crippen molar-refractivity contribution in [2.24, 2.45) is 0 Å². The number of anilines is 2. The summed E-state index contributed by atoms with van der Waals surface area (Å²) in [5.41, 5.74) is 6.39. The van der Waals surface area contributed by atoms with Gasteiger partial charge in [-0.15, -0.1) is 0 Å². The fraction of sp³-hybridized carbons (Fsp3) is 0.455. The third-order valence-corrected chi connectivity index (χ3v) is 2.78. The summed E-state index contributed by atoms with van der Waals surface area (Å²) in [7, 11) is 0. The third kappa shape index (κ3) is 1.93. The number of pyridine rings is 1. The van der Waals surface area contributed by atoms with Crippen molar-refractivity contribution < 1.29 is 4.79 Å². The number of hydrogen-bond acceptors (Lipinski definition) is 4. The van der Waals surface area contributed by atoms with E-state index in [1.54, 1.807) is 18.3 Å². The highest BCUT2D eigenvalue weighted by Gasteiger charge is 2.28. The van der Waals surface area contributed by atoms with Crippen LogP contribution in [0.25, 0.3) is 0 Å². The molecule has 1 atom stereocenters. The van der Waals surface area contributed by atoms with Gasteiger partial charge >= 0.3 is 0 Å². The first-order valence-electron chi connectivity index (χ1n) is 5.48. The van der Waals surface area contributed by atoms with E-state index < -0.39 is 0 Å². The van der Waals surface area contributed by atoms with E-state index in [1.165, 1.54) is 0 Å². The van der Waals surface area contributed by atoms with Crippen molar-refractivity contribution >= 4 is 17.4 Å². The highest BCUT2D eigenvalue weighted by Crippen LogP contribution is 2.19. The predicted octanol–water partition coefficient (Wildman–Crippen LogP) is 0.379. The smallest absolute Gasteiger partial charge is 0.242 e. The van der Waals surface area contributed by atoms with E-state index in [9.17, 15) is 4.79 Å². The van der Waals surface area contributed by atoms with Gasteiger partial charge in [0, 0.05) is 31.0 Å². The van der Waals surface area contributed by atoms with Gasteiger partial charge in [0.25, 0.3) is 0 Å². The molecule has 0 aliphatic carbocycles. The summed E-state index contributed by atoms with van der Waals surface area (Å²) in [5, 5.41) is 2.86. The molecule has 1 unspecified atom stereocenters. The summed E-state index contributed by atoms with van der Waals surface area (Å²) in [6, 6.07) is 3.42. The largest absolute Gasteiger partial charge is 0.399 e. The second-order valence-electron chi connectivity index (χ2n) is 3.86. The lowest BCUT2D eigenvalue weighted by Crippen LogP contribution is -2.55. The minimum absolute atomic E-state index is 0.0676. The van der Waals surface area contributed by atoms with Gasteiger partial charge in [0.1, 0.15) is 11.9 Å². The number of amides is 1. The summed E-state index contributed by atoms with van der Waals surface area (Å²) >= 11 is 0. The van der Waals surface area contributed by atoms with Crippen molar-refractivity contribution in [3.63, 3.8) is 0 Å². The van der Waals surface area contributed by atoms with Crippen LogP contribution in [0.15, 0.2) is 18.3 Å². The Kier molecular flexibility index (Phi) is 2.94. The van der Waals surface area contributed by atoms with Crippen LogP contribution in [0, 0.1) is 0 Å². The fourth-order valence-electron chi connectivity index (χ4n) is 1.99. The lowest BCUT2D eigenvalue weighted by Gasteiger charge is -2.35. The topological polar surface area (TPSA) is 71.2 Å². The van der Waals surface area contributed by atoms with Crippen molar-refractivity contribution in [3.8, 4) is 0 Å². The molecule has 0 aromatic carbocycles. The van der Waals surface area contributed by atoms with E-state index in [0.717, 1.165) is 18.8 Å². The van der Waals surface area contributed by atoms with E-state index in [-0.39, 0.29) is 11.9 Å². The minimum Gasteiger partial charge on any atom is -0.399 e. The molecule has 1 aliphatic heterocycles. The number of carbonyl (C=O) groups is 1. The molecular weight excluding hydrogens is 204 g/mol. The maximum Gasteiger partial charge on any atom is 0.242 e. The Hall–Kier alpha value is -1.78. The highest BCUT2D eigenvalue weighted by atomic mass is 16.2. The maximum absolute atomic E-state index is 11.7. The van der Waals surface area contributed by atoms with Crippen molar-refractivity contribution in [2.75, 3.05) is 23.7 Å². The molecule has 1 amide bonds. The molecule has 0 radical (unpaired) electrons. The van der Waals surface area contributed by atoms with Crippen LogP contribution >= 0.6 is 0 Å². The second-order valence-corrected chi connectivity index (χ2v) is 3.86. The van der Waals surface area contributed by atoms with Gasteiger partial charge in [0.05, 0.1) is 0 Å². The number of aromatic nitrogens is 1. The van der Waals surface area contributed by atoms with Gasteiger partial charge in [-0.1, -0.05) is 6.92 Å². The van der Waals surface area contributed by atoms with Crippen molar-refractivity contribution in [2.45, 2.75) is 19.4 Å². The summed E-state index contributed by atoms with van der Waals surface area (Å²) in [5.74, 6) is 0.847. The van der Waals surface area contributed by atoms with E-state index in [0.29, 0.717) is 12.2 Å². The van der Waals surface area contributed by atoms with Crippen LogP contribution in [0.2, 0.25) is 0 Å². The molecule has 0 saturated carbocycles. The molecule has 1 fully saturated rings. The molecule has 5 heteroatoms. The Bertz CT molecular complexity index is 393. The zero-order valence-electron chi connectivity index (χ0n) is 9.31. The van der Waals surface area contributed by atoms with E-state index in [1.807, 2.05) is 11.8 Å². The van der Waals surface area contributed by atoms with Gasteiger partial charge < -0.3 is 16.0 Å². The molecule has 1 aromatic rings. The molecule has 2 rings (SSSR count). The number of nitrogen functional groups attached to an aromatic ring is 1. The summed E-state index contributed by atoms with van der Waals surface area (Å²) in [6.07, 6.45) is 2.44. The Balaban J connectivity index is 2.27. The number of carbonyl (C=O) groups excluding carboxylic acids is 1. The molecule has 1 saturated heterocycles. The molecule has 1 aromatic heterocycles. The molecule has 0 spiro atoms. The van der Waals surface area contributed by atoms with Crippen molar-refractivity contribution in [1.82, 2.24) is 10.3 Å². The Morgan fingerprint density at radius 1 is 1.69 bits per heavy atom. The molecule has 86 valence electrons.